The van der Waals surface area contributed by atoms with Gasteiger partial charge in [-0.25, -0.2) is 0 Å². The van der Waals surface area contributed by atoms with Crippen molar-refractivity contribution >= 4 is 28.9 Å². The summed E-state index contributed by atoms with van der Waals surface area (Å²) in [5.41, 5.74) is 3.13. The number of halogens is 2. The van der Waals surface area contributed by atoms with Crippen LogP contribution in [0.1, 0.15) is 26.7 Å². The van der Waals surface area contributed by atoms with Crippen LogP contribution in [-0.2, 0) is 22.9 Å². The first-order valence-electron chi connectivity index (χ1n) is 6.15. The molecule has 0 saturated carbocycles. The van der Waals surface area contributed by atoms with E-state index in [4.69, 9.17) is 22.2 Å². The molecule has 0 N–H and O–H groups in total. The van der Waals surface area contributed by atoms with Gasteiger partial charge in [0.25, 0.3) is 0 Å². The zero-order chi connectivity index (χ0) is 13.8. The third-order valence-electron chi connectivity index (χ3n) is 2.63. The molecule has 0 saturated heterocycles. The molecular weight excluding hydrogens is 446 g/mol. The van der Waals surface area contributed by atoms with Crippen LogP contribution in [-0.4, -0.2) is 6.69 Å². The molecule has 2 rings (SSSR count). The van der Waals surface area contributed by atoms with Crippen LogP contribution in [0.4, 0.5) is 0 Å². The molecule has 0 amide bonds. The van der Waals surface area contributed by atoms with E-state index >= 15 is 0 Å². The average Bonchev–Trinajstić information content (AvgIpc) is 2.76. The van der Waals surface area contributed by atoms with E-state index in [1.54, 1.807) is 17.8 Å². The smallest absolute Gasteiger partial charge is 0.146 e. The summed E-state index contributed by atoms with van der Waals surface area (Å²) in [6.07, 6.45) is 11.7. The van der Waals surface area contributed by atoms with Gasteiger partial charge in [-0.3, -0.25) is 0 Å². The minimum absolute atomic E-state index is 0.612. The van der Waals surface area contributed by atoms with Crippen LogP contribution in [0.2, 0.25) is 13.1 Å². The summed E-state index contributed by atoms with van der Waals surface area (Å²) in [5, 5.41) is 0. The van der Waals surface area contributed by atoms with E-state index in [0.717, 1.165) is 0 Å². The summed E-state index contributed by atoms with van der Waals surface area (Å²) in [6.45, 7) is 6.58. The molecule has 0 heterocycles. The first-order chi connectivity index (χ1) is 8.27. The standard InChI is InChI=1S/2C6H7.C2H6Cl2Si.Hf/c2*1-6-4-2-3-5-6;1-5(2,3)4;/h2*2,4H,3H2,1H3;1-2H3;. The molecule has 98 valence electrons. The van der Waals surface area contributed by atoms with Gasteiger partial charge in [0.15, 0.2) is 0 Å². The molecule has 0 aromatic rings. The Labute approximate surface area is 133 Å². The monoisotopic (exact) mass is 466 g/mol. The maximum atomic E-state index is 5.43. The first-order valence-corrected chi connectivity index (χ1v) is 14.8. The van der Waals surface area contributed by atoms with Crippen LogP contribution in [0.15, 0.2) is 42.1 Å². The fourth-order valence-corrected chi connectivity index (χ4v) is 6.62. The van der Waals surface area contributed by atoms with Crippen LogP contribution in [0.5, 0.6) is 0 Å². The molecule has 4 heteroatoms. The van der Waals surface area contributed by atoms with E-state index in [9.17, 15) is 0 Å². The Morgan fingerprint density at radius 1 is 0.944 bits per heavy atom. The molecule has 0 aromatic heterocycles. The third-order valence-corrected chi connectivity index (χ3v) is 9.10. The molecule has 0 atom stereocenters. The van der Waals surface area contributed by atoms with Gasteiger partial charge in [0, 0.05) is 0 Å². The Hall–Kier alpha value is 0.627. The largest absolute Gasteiger partial charge is 0.245 e. The van der Waals surface area contributed by atoms with Gasteiger partial charge in [-0.1, -0.05) is 0 Å². The fraction of sp³-hybridized carbons (Fsp3) is 0.429. The van der Waals surface area contributed by atoms with Gasteiger partial charge >= 0.3 is 91.7 Å². The summed E-state index contributed by atoms with van der Waals surface area (Å²) >= 11 is 10.3. The quantitative estimate of drug-likeness (QED) is 0.362. The topological polar surface area (TPSA) is 0 Å². The second kappa shape index (κ2) is 7.42. The third kappa shape index (κ3) is 6.69. The minimum atomic E-state index is -1.67. The van der Waals surface area contributed by atoms with Gasteiger partial charge in [-0.2, -0.15) is 0 Å². The van der Waals surface area contributed by atoms with E-state index in [2.05, 4.69) is 38.2 Å². The minimum Gasteiger partial charge on any atom is -0.146 e. The second-order valence-corrected chi connectivity index (χ2v) is 19.1. The normalized spacial score (nSPS) is 18.3. The molecule has 0 nitrogen and oxygen atoms in total. The van der Waals surface area contributed by atoms with Gasteiger partial charge < -0.3 is 0 Å². The van der Waals surface area contributed by atoms with Crippen molar-refractivity contribution in [3.05, 3.63) is 42.1 Å². The first kappa shape index (κ1) is 16.7. The molecule has 2 aliphatic rings. The van der Waals surface area contributed by atoms with Crippen molar-refractivity contribution in [3.8, 4) is 0 Å². The molecule has 0 radical (unpaired) electrons. The molecular formula is C14H20Cl2HfSi. The number of hydrogen-bond acceptors (Lipinski definition) is 0. The van der Waals surface area contributed by atoms with Crippen molar-refractivity contribution in [2.45, 2.75) is 39.8 Å². The molecule has 0 fully saturated rings. The Kier molecular flexibility index (Phi) is 6.88. The predicted octanol–water partition coefficient (Wildman–Crippen LogP) is 5.70. The van der Waals surface area contributed by atoms with Crippen molar-refractivity contribution in [3.63, 3.8) is 0 Å². The summed E-state index contributed by atoms with van der Waals surface area (Å²) in [6, 6.07) is 0. The van der Waals surface area contributed by atoms with Crippen molar-refractivity contribution in [2.75, 3.05) is 0 Å². The Morgan fingerprint density at radius 2 is 1.28 bits per heavy atom. The summed E-state index contributed by atoms with van der Waals surface area (Å²) < 4.78 is 3.61. The van der Waals surface area contributed by atoms with E-state index in [-0.39, 0.29) is 0 Å². The van der Waals surface area contributed by atoms with E-state index in [0.29, 0.717) is 0 Å². The van der Waals surface area contributed by atoms with Gasteiger partial charge in [-0.15, -0.1) is 22.2 Å². The van der Waals surface area contributed by atoms with Crippen molar-refractivity contribution in [2.24, 2.45) is 0 Å². The molecule has 0 aliphatic heterocycles. The van der Waals surface area contributed by atoms with Gasteiger partial charge in [0.2, 0.25) is 6.69 Å². The molecule has 0 aromatic carbocycles. The second-order valence-electron chi connectivity index (χ2n) is 4.99. The van der Waals surface area contributed by atoms with E-state index in [1.165, 1.54) is 12.8 Å². The Morgan fingerprint density at radius 3 is 1.50 bits per heavy atom. The number of hydrogen-bond donors (Lipinski definition) is 0. The SMILES string of the molecule is CC1=[C]([Hf][C]2=C(C)C=CC2)CC=C1.C[Si](C)(Cl)Cl. The van der Waals surface area contributed by atoms with Crippen LogP contribution in [0, 0.1) is 0 Å². The Bertz CT molecular complexity index is 386. The number of allylic oxidation sites excluding steroid dienone is 8. The number of rotatable bonds is 2. The molecule has 0 unspecified atom stereocenters. The maximum Gasteiger partial charge on any atom is 0.245 e. The van der Waals surface area contributed by atoms with Crippen LogP contribution < -0.4 is 0 Å². The van der Waals surface area contributed by atoms with Gasteiger partial charge in [0.05, 0.1) is 0 Å². The average molecular weight is 466 g/mol. The zero-order valence-corrected chi connectivity index (χ0v) is 17.6. The fourth-order valence-electron chi connectivity index (χ4n) is 1.71. The Balaban J connectivity index is 0.000000280. The van der Waals surface area contributed by atoms with Gasteiger partial charge in [-0.05, 0) is 13.1 Å². The molecule has 18 heavy (non-hydrogen) atoms. The van der Waals surface area contributed by atoms with Crippen molar-refractivity contribution in [1.29, 1.82) is 0 Å². The van der Waals surface area contributed by atoms with Gasteiger partial charge in [0.1, 0.15) is 0 Å². The summed E-state index contributed by atoms with van der Waals surface area (Å²) in [7, 11) is 0. The van der Waals surface area contributed by atoms with Crippen LogP contribution in [0.3, 0.4) is 0 Å². The zero-order valence-electron chi connectivity index (χ0n) is 11.5. The van der Waals surface area contributed by atoms with Crippen molar-refractivity contribution in [1.82, 2.24) is 0 Å². The molecule has 0 spiro atoms. The van der Waals surface area contributed by atoms with Crippen molar-refractivity contribution < 1.29 is 22.9 Å². The summed E-state index contributed by atoms with van der Waals surface area (Å²) in [4.78, 5) is 0. The van der Waals surface area contributed by atoms with Crippen LogP contribution >= 0.6 is 22.2 Å². The molecule has 0 bridgehead atoms. The van der Waals surface area contributed by atoms with E-state index in [1.807, 2.05) is 13.1 Å². The predicted molar refractivity (Wildman–Crippen MR) is 82.1 cm³/mol. The summed E-state index contributed by atoms with van der Waals surface area (Å²) in [5.74, 6) is 0. The molecule has 2 aliphatic carbocycles. The maximum absolute atomic E-state index is 5.43. The van der Waals surface area contributed by atoms with E-state index < -0.39 is 29.6 Å². The van der Waals surface area contributed by atoms with Crippen LogP contribution in [0.25, 0.3) is 0 Å².